The van der Waals surface area contributed by atoms with Gasteiger partial charge < -0.3 is 9.52 Å². The van der Waals surface area contributed by atoms with E-state index in [2.05, 4.69) is 0 Å². The molecule has 120 valence electrons. The highest BCUT2D eigenvalue weighted by Gasteiger charge is 2.72. The summed E-state index contributed by atoms with van der Waals surface area (Å²) in [6, 6.07) is 11.8. The van der Waals surface area contributed by atoms with E-state index in [9.17, 15) is 14.7 Å². The summed E-state index contributed by atoms with van der Waals surface area (Å²) >= 11 is 0. The molecule has 3 saturated carbocycles. The third-order valence-corrected chi connectivity index (χ3v) is 5.97. The summed E-state index contributed by atoms with van der Waals surface area (Å²) < 4.78 is 5.50. The Morgan fingerprint density at radius 1 is 1.04 bits per heavy atom. The van der Waals surface area contributed by atoms with Crippen LogP contribution in [0, 0.1) is 12.3 Å². The highest BCUT2D eigenvalue weighted by molar-refractivity contribution is 6.04. The minimum absolute atomic E-state index is 0.0543. The average molecular weight is 320 g/mol. The van der Waals surface area contributed by atoms with Crippen LogP contribution in [0.4, 0.5) is 0 Å². The summed E-state index contributed by atoms with van der Waals surface area (Å²) in [5, 5.41) is 11.7. The third kappa shape index (κ3) is 1.53. The molecule has 0 spiro atoms. The molecule has 4 nitrogen and oxygen atoms in total. The van der Waals surface area contributed by atoms with Crippen molar-refractivity contribution in [2.75, 3.05) is 0 Å². The summed E-state index contributed by atoms with van der Waals surface area (Å²) in [6.45, 7) is 1.97. The number of hydrogen-bond donors (Lipinski definition) is 1. The molecular formula is C20H16O4. The van der Waals surface area contributed by atoms with Gasteiger partial charge in [0.15, 0.2) is 0 Å². The normalized spacial score (nSPS) is 27.7. The maximum atomic E-state index is 12.4. The molecule has 0 atom stereocenters. The van der Waals surface area contributed by atoms with Gasteiger partial charge in [0.1, 0.15) is 5.58 Å². The molecule has 2 aromatic carbocycles. The zero-order valence-electron chi connectivity index (χ0n) is 13.3. The van der Waals surface area contributed by atoms with Crippen LogP contribution in [0.2, 0.25) is 0 Å². The second kappa shape index (κ2) is 4.07. The number of benzene rings is 2. The van der Waals surface area contributed by atoms with Crippen LogP contribution in [0.15, 0.2) is 45.6 Å². The molecule has 1 aromatic heterocycles. The van der Waals surface area contributed by atoms with Crippen molar-refractivity contribution in [1.82, 2.24) is 0 Å². The standard InChI is InChI=1S/C20H16O4/c1-11-2-4-14-13-5-3-12(7-15(13)17(21)24-16(14)6-11)19-8-20(9-19,10-19)18(22)23/h2-7H,8-10H2,1H3,(H,22,23). The first-order valence-electron chi connectivity index (χ1n) is 8.14. The van der Waals surface area contributed by atoms with Gasteiger partial charge in [0.25, 0.3) is 0 Å². The van der Waals surface area contributed by atoms with Crippen LogP contribution in [-0.2, 0) is 10.2 Å². The van der Waals surface area contributed by atoms with Crippen molar-refractivity contribution in [1.29, 1.82) is 0 Å². The first kappa shape index (κ1) is 13.8. The SMILES string of the molecule is Cc1ccc2c(c1)oc(=O)c1cc(C34CC(C(=O)O)(C3)C4)ccc12. The van der Waals surface area contributed by atoms with Crippen molar-refractivity contribution in [2.24, 2.45) is 5.41 Å². The minimum Gasteiger partial charge on any atom is -0.481 e. The van der Waals surface area contributed by atoms with Gasteiger partial charge in [0, 0.05) is 5.39 Å². The Labute approximate surface area is 137 Å². The van der Waals surface area contributed by atoms with E-state index in [0.29, 0.717) is 30.2 Å². The van der Waals surface area contributed by atoms with Crippen molar-refractivity contribution in [3.05, 3.63) is 57.9 Å². The van der Waals surface area contributed by atoms with Gasteiger partial charge in [-0.15, -0.1) is 0 Å². The van der Waals surface area contributed by atoms with Crippen LogP contribution in [0.25, 0.3) is 21.7 Å². The van der Waals surface area contributed by atoms with Gasteiger partial charge >= 0.3 is 11.6 Å². The maximum absolute atomic E-state index is 12.4. The first-order chi connectivity index (χ1) is 11.4. The Morgan fingerprint density at radius 2 is 1.75 bits per heavy atom. The van der Waals surface area contributed by atoms with Gasteiger partial charge in [0.05, 0.1) is 10.8 Å². The van der Waals surface area contributed by atoms with E-state index in [1.165, 1.54) is 0 Å². The van der Waals surface area contributed by atoms with Crippen LogP contribution in [0.5, 0.6) is 0 Å². The highest BCUT2D eigenvalue weighted by Crippen LogP contribution is 2.73. The van der Waals surface area contributed by atoms with Crippen molar-refractivity contribution < 1.29 is 14.3 Å². The lowest BCUT2D eigenvalue weighted by atomic mass is 9.33. The van der Waals surface area contributed by atoms with Gasteiger partial charge in [-0.3, -0.25) is 4.79 Å². The summed E-state index contributed by atoms with van der Waals surface area (Å²) in [4.78, 5) is 23.7. The van der Waals surface area contributed by atoms with Crippen molar-refractivity contribution in [3.8, 4) is 0 Å². The molecule has 0 aliphatic heterocycles. The Bertz CT molecular complexity index is 1090. The zero-order chi connectivity index (χ0) is 16.7. The molecule has 24 heavy (non-hydrogen) atoms. The number of carboxylic acids is 1. The van der Waals surface area contributed by atoms with Crippen molar-refractivity contribution in [3.63, 3.8) is 0 Å². The second-order valence-corrected chi connectivity index (χ2v) is 7.55. The van der Waals surface area contributed by atoms with Crippen LogP contribution >= 0.6 is 0 Å². The Balaban J connectivity index is 1.67. The smallest absolute Gasteiger partial charge is 0.344 e. The van der Waals surface area contributed by atoms with E-state index < -0.39 is 11.4 Å². The summed E-state index contributed by atoms with van der Waals surface area (Å²) in [6.07, 6.45) is 2.04. The third-order valence-electron chi connectivity index (χ3n) is 5.97. The summed E-state index contributed by atoms with van der Waals surface area (Å²) in [7, 11) is 0. The fourth-order valence-electron chi connectivity index (χ4n) is 4.69. The molecule has 1 heterocycles. The largest absolute Gasteiger partial charge is 0.481 e. The molecule has 6 rings (SSSR count). The molecule has 3 fully saturated rings. The monoisotopic (exact) mass is 320 g/mol. The fourth-order valence-corrected chi connectivity index (χ4v) is 4.69. The van der Waals surface area contributed by atoms with Crippen molar-refractivity contribution in [2.45, 2.75) is 31.6 Å². The highest BCUT2D eigenvalue weighted by atomic mass is 16.4. The Hall–Kier alpha value is -2.62. The lowest BCUT2D eigenvalue weighted by Gasteiger charge is -2.68. The Kier molecular flexibility index (Phi) is 2.34. The van der Waals surface area contributed by atoms with Gasteiger partial charge in [0.2, 0.25) is 0 Å². The van der Waals surface area contributed by atoms with Gasteiger partial charge in [-0.25, -0.2) is 4.79 Å². The van der Waals surface area contributed by atoms with Gasteiger partial charge in [-0.05, 0) is 60.2 Å². The zero-order valence-corrected chi connectivity index (χ0v) is 13.3. The predicted octanol–water partition coefficient (Wildman–Crippen LogP) is 3.76. The van der Waals surface area contributed by atoms with Gasteiger partial charge in [-0.2, -0.15) is 0 Å². The first-order valence-corrected chi connectivity index (χ1v) is 8.14. The molecule has 0 unspecified atom stereocenters. The molecule has 3 aromatic rings. The molecule has 0 saturated heterocycles. The minimum atomic E-state index is -0.689. The van der Waals surface area contributed by atoms with Crippen LogP contribution in [-0.4, -0.2) is 11.1 Å². The van der Waals surface area contributed by atoms with Crippen LogP contribution in [0.3, 0.4) is 0 Å². The topological polar surface area (TPSA) is 67.5 Å². The van der Waals surface area contributed by atoms with Crippen molar-refractivity contribution >= 4 is 27.7 Å². The molecular weight excluding hydrogens is 304 g/mol. The number of aliphatic carboxylic acids is 1. The summed E-state index contributed by atoms with van der Waals surface area (Å²) in [5.41, 5.74) is 1.83. The number of fused-ring (bicyclic) bond motifs is 3. The fraction of sp³-hybridized carbons (Fsp3) is 0.300. The lowest BCUT2D eigenvalue weighted by Crippen LogP contribution is -2.67. The molecule has 2 bridgehead atoms. The van der Waals surface area contributed by atoms with Crippen LogP contribution < -0.4 is 5.63 Å². The van der Waals surface area contributed by atoms with E-state index in [-0.39, 0.29) is 11.0 Å². The second-order valence-electron chi connectivity index (χ2n) is 7.55. The Morgan fingerprint density at radius 3 is 2.46 bits per heavy atom. The molecule has 4 heteroatoms. The number of aryl methyl sites for hydroxylation is 1. The number of rotatable bonds is 2. The van der Waals surface area contributed by atoms with E-state index in [0.717, 1.165) is 21.9 Å². The predicted molar refractivity (Wildman–Crippen MR) is 90.3 cm³/mol. The van der Waals surface area contributed by atoms with Gasteiger partial charge in [-0.1, -0.05) is 24.3 Å². The van der Waals surface area contributed by atoms with E-state index >= 15 is 0 Å². The summed E-state index contributed by atoms with van der Waals surface area (Å²) in [5.74, 6) is -0.689. The van der Waals surface area contributed by atoms with E-state index in [4.69, 9.17) is 4.42 Å². The lowest BCUT2D eigenvalue weighted by molar-refractivity contribution is -0.194. The molecule has 3 aliphatic carbocycles. The number of hydrogen-bond acceptors (Lipinski definition) is 3. The number of carbonyl (C=O) groups is 1. The van der Waals surface area contributed by atoms with E-state index in [1.807, 2.05) is 43.3 Å². The molecule has 1 N–H and O–H groups in total. The molecule has 0 radical (unpaired) electrons. The van der Waals surface area contributed by atoms with E-state index in [1.54, 1.807) is 0 Å². The molecule has 0 amide bonds. The van der Waals surface area contributed by atoms with Crippen LogP contribution in [0.1, 0.15) is 30.4 Å². The maximum Gasteiger partial charge on any atom is 0.344 e. The molecule has 3 aliphatic rings. The number of carboxylic acid groups (broad SMARTS) is 1. The quantitative estimate of drug-likeness (QED) is 0.576. The average Bonchev–Trinajstić information content (AvgIpc) is 2.44.